The number of pyridine rings is 1. The monoisotopic (exact) mass is 358 g/mol. The average molecular weight is 358 g/mol. The van der Waals surface area contributed by atoms with Crippen LogP contribution in [0.25, 0.3) is 0 Å². The van der Waals surface area contributed by atoms with Crippen molar-refractivity contribution in [2.45, 2.75) is 13.0 Å². The molecule has 2 atom stereocenters. The SMILES string of the molecule is O=C(Cc1ccsc1)N1C[C@@H]2COC[C@]2(COCc2ccccn2)C1. The molecule has 0 spiro atoms. The highest BCUT2D eigenvalue weighted by atomic mass is 32.1. The molecule has 0 radical (unpaired) electrons. The van der Waals surface area contributed by atoms with Gasteiger partial charge in [0.05, 0.1) is 38.5 Å². The van der Waals surface area contributed by atoms with E-state index in [0.29, 0.717) is 32.2 Å². The second-order valence-corrected chi connectivity index (χ2v) is 7.75. The molecule has 0 unspecified atom stereocenters. The topological polar surface area (TPSA) is 51.7 Å². The van der Waals surface area contributed by atoms with Gasteiger partial charge >= 0.3 is 0 Å². The molecule has 5 nitrogen and oxygen atoms in total. The Bertz CT molecular complexity index is 707. The molecule has 2 saturated heterocycles. The molecule has 4 heterocycles. The lowest BCUT2D eigenvalue weighted by atomic mass is 9.82. The maximum atomic E-state index is 12.6. The maximum Gasteiger partial charge on any atom is 0.227 e. The molecule has 0 aliphatic carbocycles. The van der Waals surface area contributed by atoms with Crippen LogP contribution in [-0.2, 0) is 27.3 Å². The molecule has 2 aliphatic rings. The van der Waals surface area contributed by atoms with Gasteiger partial charge in [0.2, 0.25) is 5.91 Å². The summed E-state index contributed by atoms with van der Waals surface area (Å²) in [6.45, 7) is 3.99. The lowest BCUT2D eigenvalue weighted by Gasteiger charge is -2.26. The van der Waals surface area contributed by atoms with Crippen molar-refractivity contribution in [1.29, 1.82) is 0 Å². The Labute approximate surface area is 151 Å². The highest BCUT2D eigenvalue weighted by molar-refractivity contribution is 7.08. The van der Waals surface area contributed by atoms with Crippen LogP contribution in [0.15, 0.2) is 41.2 Å². The Morgan fingerprint density at radius 2 is 2.40 bits per heavy atom. The molecule has 2 aliphatic heterocycles. The summed E-state index contributed by atoms with van der Waals surface area (Å²) in [4.78, 5) is 18.9. The Morgan fingerprint density at radius 1 is 1.44 bits per heavy atom. The fourth-order valence-electron chi connectivity index (χ4n) is 3.75. The molecule has 1 amide bonds. The number of carbonyl (C=O) groups excluding carboxylic acids is 1. The number of carbonyl (C=O) groups is 1. The van der Waals surface area contributed by atoms with Crippen LogP contribution < -0.4 is 0 Å². The van der Waals surface area contributed by atoms with Crippen LogP contribution in [0.2, 0.25) is 0 Å². The molecule has 2 fully saturated rings. The molecular formula is C19H22N2O3S. The summed E-state index contributed by atoms with van der Waals surface area (Å²) in [5.74, 6) is 0.569. The predicted octanol–water partition coefficient (Wildman–Crippen LogP) is 2.38. The third-order valence-electron chi connectivity index (χ3n) is 5.17. The number of rotatable bonds is 6. The smallest absolute Gasteiger partial charge is 0.227 e. The van der Waals surface area contributed by atoms with Crippen LogP contribution in [-0.4, -0.2) is 48.7 Å². The molecule has 2 aromatic rings. The zero-order chi connectivity index (χ0) is 17.1. The minimum absolute atomic E-state index is 0.0704. The molecule has 0 bridgehead atoms. The van der Waals surface area contributed by atoms with Gasteiger partial charge in [-0.3, -0.25) is 9.78 Å². The number of thiophene rings is 1. The summed E-state index contributed by atoms with van der Waals surface area (Å²) >= 11 is 1.63. The third-order valence-corrected chi connectivity index (χ3v) is 5.91. The lowest BCUT2D eigenvalue weighted by Crippen LogP contribution is -2.37. The van der Waals surface area contributed by atoms with E-state index in [-0.39, 0.29) is 11.3 Å². The largest absolute Gasteiger partial charge is 0.380 e. The Hall–Kier alpha value is -1.76. The van der Waals surface area contributed by atoms with E-state index in [1.54, 1.807) is 17.5 Å². The summed E-state index contributed by atoms with van der Waals surface area (Å²) in [7, 11) is 0. The second kappa shape index (κ2) is 7.23. The van der Waals surface area contributed by atoms with Crippen molar-refractivity contribution < 1.29 is 14.3 Å². The van der Waals surface area contributed by atoms with Gasteiger partial charge in [0.25, 0.3) is 0 Å². The molecule has 0 aromatic carbocycles. The first-order valence-corrected chi connectivity index (χ1v) is 9.54. The van der Waals surface area contributed by atoms with E-state index in [1.807, 2.05) is 39.9 Å². The van der Waals surface area contributed by atoms with Gasteiger partial charge in [0, 0.05) is 30.6 Å². The van der Waals surface area contributed by atoms with Crippen molar-refractivity contribution in [2.24, 2.45) is 11.3 Å². The molecule has 6 heteroatoms. The third kappa shape index (κ3) is 3.61. The lowest BCUT2D eigenvalue weighted by molar-refractivity contribution is -0.130. The Kier molecular flexibility index (Phi) is 4.83. The van der Waals surface area contributed by atoms with Gasteiger partial charge in [-0.1, -0.05) is 6.07 Å². The van der Waals surface area contributed by atoms with Crippen LogP contribution in [0.4, 0.5) is 0 Å². The Morgan fingerprint density at radius 3 is 3.20 bits per heavy atom. The number of fused-ring (bicyclic) bond motifs is 1. The maximum absolute atomic E-state index is 12.6. The van der Waals surface area contributed by atoms with Gasteiger partial charge in [-0.05, 0) is 34.5 Å². The minimum Gasteiger partial charge on any atom is -0.380 e. The van der Waals surface area contributed by atoms with Crippen molar-refractivity contribution in [3.63, 3.8) is 0 Å². The number of hydrogen-bond donors (Lipinski definition) is 0. The van der Waals surface area contributed by atoms with Gasteiger partial charge < -0.3 is 14.4 Å². The first-order valence-electron chi connectivity index (χ1n) is 8.59. The molecule has 2 aromatic heterocycles. The summed E-state index contributed by atoms with van der Waals surface area (Å²) in [6, 6.07) is 7.85. The van der Waals surface area contributed by atoms with Crippen molar-refractivity contribution in [1.82, 2.24) is 9.88 Å². The van der Waals surface area contributed by atoms with Gasteiger partial charge in [0.15, 0.2) is 0 Å². The van der Waals surface area contributed by atoms with Crippen molar-refractivity contribution in [3.05, 3.63) is 52.5 Å². The fraction of sp³-hybridized carbons (Fsp3) is 0.474. The van der Waals surface area contributed by atoms with E-state index in [9.17, 15) is 4.79 Å². The Balaban J connectivity index is 1.36. The van der Waals surface area contributed by atoms with E-state index in [0.717, 1.165) is 31.0 Å². The molecule has 132 valence electrons. The van der Waals surface area contributed by atoms with E-state index < -0.39 is 0 Å². The van der Waals surface area contributed by atoms with Crippen LogP contribution in [0.1, 0.15) is 11.3 Å². The predicted molar refractivity (Wildman–Crippen MR) is 95.2 cm³/mol. The zero-order valence-electron chi connectivity index (χ0n) is 14.1. The first kappa shape index (κ1) is 16.7. The molecule has 0 saturated carbocycles. The standard InChI is InChI=1S/C19H22N2O3S/c22-18(7-15-4-6-25-11-15)21-8-16-9-23-13-19(16,12-21)14-24-10-17-3-1-2-5-20-17/h1-6,11,16H,7-10,12-14H2/t16-,19+/m1/s1. The average Bonchev–Trinajstić information content (AvgIpc) is 3.31. The normalized spacial score (nSPS) is 25.3. The zero-order valence-corrected chi connectivity index (χ0v) is 14.9. The summed E-state index contributed by atoms with van der Waals surface area (Å²) in [5, 5.41) is 4.06. The number of hydrogen-bond acceptors (Lipinski definition) is 5. The quantitative estimate of drug-likeness (QED) is 0.796. The second-order valence-electron chi connectivity index (χ2n) is 6.97. The van der Waals surface area contributed by atoms with Crippen LogP contribution in [0, 0.1) is 11.3 Å². The highest BCUT2D eigenvalue weighted by Gasteiger charge is 2.51. The number of likely N-dealkylation sites (tertiary alicyclic amines) is 1. The number of amides is 1. The van der Waals surface area contributed by atoms with E-state index >= 15 is 0 Å². The molecule has 0 N–H and O–H groups in total. The van der Waals surface area contributed by atoms with Crippen molar-refractivity contribution >= 4 is 17.2 Å². The molecule has 4 rings (SSSR count). The van der Waals surface area contributed by atoms with Gasteiger partial charge in [-0.25, -0.2) is 0 Å². The van der Waals surface area contributed by atoms with Crippen LogP contribution >= 0.6 is 11.3 Å². The van der Waals surface area contributed by atoms with Gasteiger partial charge in [-0.2, -0.15) is 11.3 Å². The van der Waals surface area contributed by atoms with Gasteiger partial charge in [-0.15, -0.1) is 0 Å². The summed E-state index contributed by atoms with van der Waals surface area (Å²) < 4.78 is 11.7. The van der Waals surface area contributed by atoms with Crippen LogP contribution in [0.3, 0.4) is 0 Å². The number of nitrogens with zero attached hydrogens (tertiary/aromatic N) is 2. The van der Waals surface area contributed by atoms with Gasteiger partial charge in [0.1, 0.15) is 0 Å². The van der Waals surface area contributed by atoms with Crippen molar-refractivity contribution in [3.8, 4) is 0 Å². The number of ether oxygens (including phenoxy) is 2. The highest BCUT2D eigenvalue weighted by Crippen LogP contribution is 2.41. The van der Waals surface area contributed by atoms with E-state index in [4.69, 9.17) is 9.47 Å². The van der Waals surface area contributed by atoms with Crippen LogP contribution in [0.5, 0.6) is 0 Å². The number of aromatic nitrogens is 1. The molecule has 25 heavy (non-hydrogen) atoms. The van der Waals surface area contributed by atoms with Crippen molar-refractivity contribution in [2.75, 3.05) is 32.9 Å². The summed E-state index contributed by atoms with van der Waals surface area (Å²) in [6.07, 6.45) is 2.26. The van der Waals surface area contributed by atoms with E-state index in [1.165, 1.54) is 0 Å². The fourth-order valence-corrected chi connectivity index (χ4v) is 4.42. The molecular weight excluding hydrogens is 336 g/mol. The first-order chi connectivity index (χ1) is 12.3. The van der Waals surface area contributed by atoms with E-state index in [2.05, 4.69) is 4.98 Å². The summed E-state index contributed by atoms with van der Waals surface area (Å²) in [5.41, 5.74) is 1.96. The minimum atomic E-state index is -0.0704.